The van der Waals surface area contributed by atoms with Crippen LogP contribution in [0.3, 0.4) is 0 Å². The molecule has 1 heterocycles. The number of benzene rings is 1. The lowest BCUT2D eigenvalue weighted by Gasteiger charge is -2.29. The highest BCUT2D eigenvalue weighted by atomic mass is 79.9. The van der Waals surface area contributed by atoms with E-state index in [1.165, 1.54) is 11.3 Å². The van der Waals surface area contributed by atoms with Crippen LogP contribution in [0.2, 0.25) is 0 Å². The van der Waals surface area contributed by atoms with Gasteiger partial charge in [-0.1, -0.05) is 30.4 Å². The van der Waals surface area contributed by atoms with E-state index in [0.29, 0.717) is 6.04 Å². The van der Waals surface area contributed by atoms with Crippen molar-refractivity contribution in [2.75, 3.05) is 10.5 Å². The molecule has 0 saturated carbocycles. The lowest BCUT2D eigenvalue weighted by Crippen LogP contribution is -2.27. The molecular weight excluding hydrogens is 252 g/mol. The summed E-state index contributed by atoms with van der Waals surface area (Å²) in [6.45, 7) is 0.757. The first-order valence-corrected chi connectivity index (χ1v) is 5.96. The number of anilines is 1. The van der Waals surface area contributed by atoms with E-state index in [1.54, 1.807) is 0 Å². The van der Waals surface area contributed by atoms with E-state index >= 15 is 0 Å². The topological polar surface area (TPSA) is 29.3 Å². The van der Waals surface area contributed by atoms with Crippen molar-refractivity contribution in [2.24, 2.45) is 5.73 Å². The largest absolute Gasteiger partial charge is 0.330 e. The van der Waals surface area contributed by atoms with Gasteiger partial charge in [0.25, 0.3) is 0 Å². The zero-order chi connectivity index (χ0) is 10.7. The van der Waals surface area contributed by atoms with Crippen LogP contribution in [0.15, 0.2) is 30.3 Å². The second kappa shape index (κ2) is 4.81. The van der Waals surface area contributed by atoms with E-state index in [4.69, 9.17) is 5.73 Å². The first-order chi connectivity index (χ1) is 7.33. The minimum Gasteiger partial charge on any atom is -0.330 e. The zero-order valence-corrected chi connectivity index (χ0v) is 10.2. The van der Waals surface area contributed by atoms with E-state index in [2.05, 4.69) is 56.5 Å². The van der Waals surface area contributed by atoms with Crippen LogP contribution in [0, 0.1) is 0 Å². The molecule has 1 aromatic carbocycles. The Labute approximate surface area is 99.1 Å². The minimum atomic E-state index is 0.420. The van der Waals surface area contributed by atoms with Crippen LogP contribution in [0.25, 0.3) is 6.08 Å². The van der Waals surface area contributed by atoms with Gasteiger partial charge in [0.05, 0.1) is 27.9 Å². The summed E-state index contributed by atoms with van der Waals surface area (Å²) in [7, 11) is 0. The molecule has 1 atom stereocenters. The van der Waals surface area contributed by atoms with Crippen molar-refractivity contribution in [1.29, 1.82) is 0 Å². The van der Waals surface area contributed by atoms with Crippen molar-refractivity contribution in [1.82, 2.24) is 0 Å². The maximum atomic E-state index is 5.53. The Kier molecular flexibility index (Phi) is 3.44. The quantitative estimate of drug-likeness (QED) is 0.853. The van der Waals surface area contributed by atoms with E-state index in [9.17, 15) is 0 Å². The van der Waals surface area contributed by atoms with Crippen LogP contribution in [0.5, 0.6) is 0 Å². The number of hydrogen-bond donors (Lipinski definition) is 1. The molecule has 15 heavy (non-hydrogen) atoms. The van der Waals surface area contributed by atoms with Crippen LogP contribution in [-0.4, -0.2) is 12.6 Å². The van der Waals surface area contributed by atoms with E-state index in [0.717, 1.165) is 19.4 Å². The molecule has 1 aliphatic heterocycles. The Balaban J connectivity index is 2.18. The predicted molar refractivity (Wildman–Crippen MR) is 69.0 cm³/mol. The number of halogens is 1. The van der Waals surface area contributed by atoms with Crippen LogP contribution < -0.4 is 9.66 Å². The van der Waals surface area contributed by atoms with Crippen LogP contribution in [-0.2, 0) is 0 Å². The van der Waals surface area contributed by atoms with Gasteiger partial charge in [-0.25, -0.2) is 0 Å². The molecule has 80 valence electrons. The molecule has 0 radical (unpaired) electrons. The number of para-hydroxylation sites is 1. The number of rotatable bonds is 3. The Hall–Kier alpha value is -0.800. The molecule has 2 rings (SSSR count). The molecule has 1 aliphatic rings. The van der Waals surface area contributed by atoms with Crippen molar-refractivity contribution < 1.29 is 0 Å². The Morgan fingerprint density at radius 2 is 2.13 bits per heavy atom. The van der Waals surface area contributed by atoms with Crippen LogP contribution in [0.1, 0.15) is 18.4 Å². The number of hydrogen-bond acceptors (Lipinski definition) is 2. The molecule has 0 saturated heterocycles. The molecule has 2 N–H and O–H groups in total. The highest BCUT2D eigenvalue weighted by Gasteiger charge is 2.19. The van der Waals surface area contributed by atoms with Crippen molar-refractivity contribution in [2.45, 2.75) is 18.9 Å². The van der Waals surface area contributed by atoms with Gasteiger partial charge in [0.1, 0.15) is 0 Å². The third kappa shape index (κ3) is 2.24. The average Bonchev–Trinajstić information content (AvgIpc) is 2.29. The van der Waals surface area contributed by atoms with Gasteiger partial charge in [0.15, 0.2) is 0 Å². The molecule has 1 unspecified atom stereocenters. The van der Waals surface area contributed by atoms with Crippen LogP contribution >= 0.6 is 16.1 Å². The number of nitrogens with two attached hydrogens (primary N) is 1. The molecule has 0 bridgehead atoms. The highest BCUT2D eigenvalue weighted by molar-refractivity contribution is 9.10. The Bertz CT molecular complexity index is 362. The molecular formula is C12H15BrN2. The summed E-state index contributed by atoms with van der Waals surface area (Å²) in [5.74, 6) is 0. The SMILES string of the molecule is NCCCC1C=Cc2ccccc2N1Br. The second-order valence-corrected chi connectivity index (χ2v) is 4.49. The smallest absolute Gasteiger partial charge is 0.0591 e. The van der Waals surface area contributed by atoms with E-state index in [-0.39, 0.29) is 0 Å². The zero-order valence-electron chi connectivity index (χ0n) is 8.57. The molecule has 0 aromatic heterocycles. The van der Waals surface area contributed by atoms with Gasteiger partial charge in [-0.15, -0.1) is 0 Å². The number of fused-ring (bicyclic) bond motifs is 1. The van der Waals surface area contributed by atoms with E-state index in [1.807, 2.05) is 0 Å². The first-order valence-electron chi connectivity index (χ1n) is 5.25. The van der Waals surface area contributed by atoms with Crippen molar-refractivity contribution >= 4 is 27.9 Å². The fourth-order valence-electron chi connectivity index (χ4n) is 1.83. The van der Waals surface area contributed by atoms with Gasteiger partial charge in [0.2, 0.25) is 0 Å². The van der Waals surface area contributed by atoms with Gasteiger partial charge in [-0.3, -0.25) is 0 Å². The van der Waals surface area contributed by atoms with Gasteiger partial charge < -0.3 is 9.66 Å². The lowest BCUT2D eigenvalue weighted by atomic mass is 10.0. The fourth-order valence-corrected chi connectivity index (χ4v) is 2.49. The molecule has 0 aliphatic carbocycles. The average molecular weight is 267 g/mol. The fraction of sp³-hybridized carbons (Fsp3) is 0.333. The van der Waals surface area contributed by atoms with Gasteiger partial charge >= 0.3 is 0 Å². The van der Waals surface area contributed by atoms with Crippen molar-refractivity contribution in [3.63, 3.8) is 0 Å². The standard InChI is InChI=1S/C12H15BrN2/c13-15-11(5-3-9-14)8-7-10-4-1-2-6-12(10)15/h1-2,4,6-8,11H,3,5,9,14H2. The molecule has 2 nitrogen and oxygen atoms in total. The summed E-state index contributed by atoms with van der Waals surface area (Å²) in [6, 6.07) is 8.79. The summed E-state index contributed by atoms with van der Waals surface area (Å²) in [5.41, 5.74) is 8.03. The third-order valence-electron chi connectivity index (χ3n) is 2.66. The minimum absolute atomic E-state index is 0.420. The van der Waals surface area contributed by atoms with Gasteiger partial charge in [-0.05, 0) is 31.0 Å². The van der Waals surface area contributed by atoms with Crippen molar-refractivity contribution in [3.8, 4) is 0 Å². The third-order valence-corrected chi connectivity index (χ3v) is 3.57. The summed E-state index contributed by atoms with van der Waals surface area (Å²) in [4.78, 5) is 0. The maximum Gasteiger partial charge on any atom is 0.0591 e. The predicted octanol–water partition coefficient (Wildman–Crippen LogP) is 2.94. The summed E-state index contributed by atoms with van der Waals surface area (Å²) < 4.78 is 2.15. The summed E-state index contributed by atoms with van der Waals surface area (Å²) in [6.07, 6.45) is 6.56. The highest BCUT2D eigenvalue weighted by Crippen LogP contribution is 2.32. The van der Waals surface area contributed by atoms with Gasteiger partial charge in [0, 0.05) is 0 Å². The molecule has 1 aromatic rings. The lowest BCUT2D eigenvalue weighted by molar-refractivity contribution is 0.680. The Morgan fingerprint density at radius 3 is 2.93 bits per heavy atom. The molecule has 3 heteroatoms. The second-order valence-electron chi connectivity index (χ2n) is 3.73. The summed E-state index contributed by atoms with van der Waals surface area (Å²) in [5, 5.41) is 0. The Morgan fingerprint density at radius 1 is 1.33 bits per heavy atom. The van der Waals surface area contributed by atoms with Crippen LogP contribution in [0.4, 0.5) is 5.69 Å². The molecule has 0 spiro atoms. The van der Waals surface area contributed by atoms with Crippen molar-refractivity contribution in [3.05, 3.63) is 35.9 Å². The normalized spacial score (nSPS) is 19.1. The summed E-state index contributed by atoms with van der Waals surface area (Å²) >= 11 is 3.62. The van der Waals surface area contributed by atoms with E-state index < -0.39 is 0 Å². The first kappa shape index (κ1) is 10.7. The molecule has 0 amide bonds. The monoisotopic (exact) mass is 266 g/mol. The van der Waals surface area contributed by atoms with Gasteiger partial charge in [-0.2, -0.15) is 0 Å². The molecule has 0 fully saturated rings. The maximum absolute atomic E-state index is 5.53. The number of nitrogens with zero attached hydrogens (tertiary/aromatic N) is 1.